The highest BCUT2D eigenvalue weighted by Gasteiger charge is 2.44. The fraction of sp³-hybridized carbons (Fsp3) is 0.292. The van der Waals surface area contributed by atoms with Gasteiger partial charge < -0.3 is 9.64 Å². The summed E-state index contributed by atoms with van der Waals surface area (Å²) in [5, 5.41) is 0. The van der Waals surface area contributed by atoms with Crippen molar-refractivity contribution in [3.63, 3.8) is 0 Å². The zero-order valence-corrected chi connectivity index (χ0v) is 20.4. The molecule has 0 unspecified atom stereocenters. The molecule has 0 spiro atoms. The first-order valence-corrected chi connectivity index (χ1v) is 10.9. The van der Waals surface area contributed by atoms with Gasteiger partial charge in [0.25, 0.3) is 5.91 Å². The van der Waals surface area contributed by atoms with Crippen LogP contribution in [0.25, 0.3) is 0 Å². The van der Waals surface area contributed by atoms with E-state index in [1.807, 2.05) is 0 Å². The van der Waals surface area contributed by atoms with Crippen molar-refractivity contribution in [2.75, 3.05) is 44.0 Å². The number of carbonyl (C=O) groups is 3. The van der Waals surface area contributed by atoms with Crippen LogP contribution >= 0.6 is 0 Å². The molecule has 1 aliphatic rings. The van der Waals surface area contributed by atoms with Gasteiger partial charge in [-0.2, -0.15) is 26.3 Å². The third-order valence-corrected chi connectivity index (χ3v) is 5.38. The molecule has 2 aromatic carbocycles. The van der Waals surface area contributed by atoms with Crippen molar-refractivity contribution in [3.8, 4) is 17.7 Å². The summed E-state index contributed by atoms with van der Waals surface area (Å²) in [7, 11) is 3.83. The van der Waals surface area contributed by atoms with Gasteiger partial charge in [-0.15, -0.1) is 0 Å². The summed E-state index contributed by atoms with van der Waals surface area (Å²) >= 11 is 0. The van der Waals surface area contributed by atoms with Gasteiger partial charge in [0.1, 0.15) is 11.4 Å². The first-order valence-electron chi connectivity index (χ1n) is 10.9. The predicted molar refractivity (Wildman–Crippen MR) is 123 cm³/mol. The van der Waals surface area contributed by atoms with Crippen molar-refractivity contribution in [3.05, 3.63) is 53.3 Å². The SMILES string of the molecule is CN(C)C(=O)C#CN1CCN(c2cc(C(F)(F)F)cc(C(F)(F)F)c2OC(=O)N(C)c2ccc(F)cc2)C1=O. The molecule has 208 valence electrons. The van der Waals surface area contributed by atoms with Crippen LogP contribution in [0.2, 0.25) is 0 Å². The van der Waals surface area contributed by atoms with Gasteiger partial charge in [-0.05, 0) is 36.4 Å². The fourth-order valence-corrected chi connectivity index (χ4v) is 3.31. The standard InChI is InChI=1S/C24H19F7N4O4/c1-32(2)19(36)8-9-34-10-11-35(21(34)37)18-13-14(23(26,27)28)12-17(24(29,30)31)20(18)39-22(38)33(3)16-6-4-15(25)5-7-16/h4-7,12-13H,10-11H2,1-3H3. The maximum absolute atomic E-state index is 14.0. The average molecular weight is 560 g/mol. The number of rotatable bonds is 3. The molecule has 4 amide bonds. The normalized spacial score (nSPS) is 13.6. The van der Waals surface area contributed by atoms with E-state index in [0.29, 0.717) is 9.80 Å². The van der Waals surface area contributed by atoms with Crippen molar-refractivity contribution < 1.29 is 49.9 Å². The van der Waals surface area contributed by atoms with E-state index in [-0.39, 0.29) is 24.4 Å². The minimum Gasteiger partial charge on any atom is -0.407 e. The highest BCUT2D eigenvalue weighted by atomic mass is 19.4. The van der Waals surface area contributed by atoms with E-state index in [0.717, 1.165) is 41.1 Å². The zero-order chi connectivity index (χ0) is 29.3. The first-order chi connectivity index (χ1) is 18.0. The first kappa shape index (κ1) is 29.1. The van der Waals surface area contributed by atoms with E-state index in [4.69, 9.17) is 4.74 Å². The number of urea groups is 1. The number of benzene rings is 2. The Morgan fingerprint density at radius 3 is 2.10 bits per heavy atom. The summed E-state index contributed by atoms with van der Waals surface area (Å²) in [4.78, 5) is 40.4. The lowest BCUT2D eigenvalue weighted by Crippen LogP contribution is -2.33. The zero-order valence-electron chi connectivity index (χ0n) is 20.4. The van der Waals surface area contributed by atoms with Gasteiger partial charge in [-0.1, -0.05) is 0 Å². The molecule has 3 rings (SSSR count). The molecule has 0 aromatic heterocycles. The summed E-state index contributed by atoms with van der Waals surface area (Å²) in [6.45, 7) is -0.729. The number of halogens is 7. The topological polar surface area (TPSA) is 73.4 Å². The minimum absolute atomic E-state index is 0.00678. The largest absolute Gasteiger partial charge is 0.420 e. The van der Waals surface area contributed by atoms with Crippen LogP contribution < -0.4 is 14.5 Å². The van der Waals surface area contributed by atoms with Crippen molar-refractivity contribution in [2.24, 2.45) is 0 Å². The van der Waals surface area contributed by atoms with Crippen LogP contribution in [0, 0.1) is 17.8 Å². The molecule has 8 nitrogen and oxygen atoms in total. The predicted octanol–water partition coefficient (Wildman–Crippen LogP) is 4.79. The molecule has 39 heavy (non-hydrogen) atoms. The summed E-state index contributed by atoms with van der Waals surface area (Å²) in [6.07, 6.45) is -12.2. The number of ether oxygens (including phenoxy) is 1. The smallest absolute Gasteiger partial charge is 0.407 e. The Kier molecular flexibility index (Phi) is 7.99. The second kappa shape index (κ2) is 10.7. The molecule has 0 atom stereocenters. The Bertz CT molecular complexity index is 1350. The van der Waals surface area contributed by atoms with Gasteiger partial charge in [0.05, 0.1) is 17.8 Å². The van der Waals surface area contributed by atoms with Crippen LogP contribution in [0.15, 0.2) is 36.4 Å². The van der Waals surface area contributed by atoms with Crippen molar-refractivity contribution in [2.45, 2.75) is 12.4 Å². The Balaban J connectivity index is 2.11. The molecule has 15 heteroatoms. The van der Waals surface area contributed by atoms with Gasteiger partial charge in [-0.25, -0.2) is 14.0 Å². The van der Waals surface area contributed by atoms with Crippen LogP contribution in [0.3, 0.4) is 0 Å². The number of hydrogen-bond donors (Lipinski definition) is 0. The van der Waals surface area contributed by atoms with Crippen LogP contribution in [-0.4, -0.2) is 62.1 Å². The van der Waals surface area contributed by atoms with E-state index < -0.39 is 65.3 Å². The molecule has 1 heterocycles. The van der Waals surface area contributed by atoms with Gasteiger partial charge in [0, 0.05) is 45.3 Å². The second-order valence-corrected chi connectivity index (χ2v) is 8.29. The number of carbonyl (C=O) groups excluding carboxylic acids is 3. The maximum atomic E-state index is 14.0. The Labute approximate surface area is 217 Å². The summed E-state index contributed by atoms with van der Waals surface area (Å²) < 4.78 is 101. The number of alkyl halides is 6. The summed E-state index contributed by atoms with van der Waals surface area (Å²) in [5.74, 6) is -0.620. The molecular weight excluding hydrogens is 541 g/mol. The van der Waals surface area contributed by atoms with E-state index in [1.54, 1.807) is 0 Å². The number of hydrogen-bond acceptors (Lipinski definition) is 4. The van der Waals surface area contributed by atoms with Crippen molar-refractivity contribution in [1.29, 1.82) is 0 Å². The van der Waals surface area contributed by atoms with Gasteiger partial charge >= 0.3 is 24.5 Å². The molecule has 0 radical (unpaired) electrons. The third kappa shape index (κ3) is 6.51. The lowest BCUT2D eigenvalue weighted by Gasteiger charge is -2.25. The highest BCUT2D eigenvalue weighted by Crippen LogP contribution is 2.46. The molecule has 1 fully saturated rings. The van der Waals surface area contributed by atoms with E-state index in [2.05, 4.69) is 12.0 Å². The van der Waals surface area contributed by atoms with Crippen LogP contribution in [0.4, 0.5) is 51.7 Å². The van der Waals surface area contributed by atoms with E-state index in [1.165, 1.54) is 14.1 Å². The van der Waals surface area contributed by atoms with Crippen molar-refractivity contribution in [1.82, 2.24) is 9.80 Å². The van der Waals surface area contributed by atoms with Gasteiger partial charge in [-0.3, -0.25) is 19.5 Å². The lowest BCUT2D eigenvalue weighted by molar-refractivity contribution is -0.143. The maximum Gasteiger partial charge on any atom is 0.420 e. The number of anilines is 2. The lowest BCUT2D eigenvalue weighted by atomic mass is 10.1. The average Bonchev–Trinajstić information content (AvgIpc) is 3.20. The second-order valence-electron chi connectivity index (χ2n) is 8.29. The fourth-order valence-electron chi connectivity index (χ4n) is 3.31. The van der Waals surface area contributed by atoms with E-state index in [9.17, 15) is 45.1 Å². The van der Waals surface area contributed by atoms with Gasteiger partial charge in [0.2, 0.25) is 0 Å². The molecule has 0 N–H and O–H groups in total. The van der Waals surface area contributed by atoms with Crippen LogP contribution in [0.1, 0.15) is 11.1 Å². The quantitative estimate of drug-likeness (QED) is 0.400. The summed E-state index contributed by atoms with van der Waals surface area (Å²) in [5.41, 5.74) is -4.72. The summed E-state index contributed by atoms with van der Waals surface area (Å²) in [6, 6.07) is 5.23. The Morgan fingerprint density at radius 1 is 0.949 bits per heavy atom. The molecule has 0 bridgehead atoms. The van der Waals surface area contributed by atoms with Crippen molar-refractivity contribution >= 4 is 29.4 Å². The van der Waals surface area contributed by atoms with E-state index >= 15 is 0 Å². The highest BCUT2D eigenvalue weighted by molar-refractivity contribution is 6.00. The number of nitrogens with zero attached hydrogens (tertiary/aromatic N) is 4. The van der Waals surface area contributed by atoms with Gasteiger partial charge in [0.15, 0.2) is 5.75 Å². The molecule has 2 aromatic rings. The Morgan fingerprint density at radius 2 is 1.56 bits per heavy atom. The molecular formula is C24H19F7N4O4. The monoisotopic (exact) mass is 560 g/mol. The third-order valence-electron chi connectivity index (χ3n) is 5.38. The molecule has 1 saturated heterocycles. The minimum atomic E-state index is -5.44. The number of amides is 4. The Hall–Kier alpha value is -4.48. The molecule has 0 saturated carbocycles. The van der Waals surface area contributed by atoms with Crippen LogP contribution in [0.5, 0.6) is 5.75 Å². The molecule has 0 aliphatic carbocycles. The van der Waals surface area contributed by atoms with Crippen LogP contribution in [-0.2, 0) is 17.1 Å². The molecule has 1 aliphatic heterocycles.